The van der Waals surface area contributed by atoms with Crippen LogP contribution in [0, 0.1) is 0 Å². The highest BCUT2D eigenvalue weighted by Crippen LogP contribution is 2.21. The first-order chi connectivity index (χ1) is 9.35. The number of rotatable bonds is 7. The highest BCUT2D eigenvalue weighted by molar-refractivity contribution is 5.46. The third-order valence-corrected chi connectivity index (χ3v) is 3.76. The van der Waals surface area contributed by atoms with Gasteiger partial charge in [0.15, 0.2) is 0 Å². The Morgan fingerprint density at radius 1 is 1.21 bits per heavy atom. The van der Waals surface area contributed by atoms with Crippen LogP contribution in [0.15, 0.2) is 55.6 Å². The average Bonchev–Trinajstić information content (AvgIpc) is 2.87. The molecule has 0 N–H and O–H groups in total. The van der Waals surface area contributed by atoms with E-state index in [9.17, 15) is 0 Å². The number of hydrogen-bond acceptors (Lipinski definition) is 2. The van der Waals surface area contributed by atoms with Crippen molar-refractivity contribution < 1.29 is 0 Å². The molecule has 0 aromatic heterocycles. The van der Waals surface area contributed by atoms with Crippen LogP contribution in [0.1, 0.15) is 12.8 Å². The number of likely N-dealkylation sites (tertiary alicyclic amines) is 1. The fraction of sp³-hybridized carbons (Fsp3) is 0.412. The molecule has 1 unspecified atom stereocenters. The highest BCUT2D eigenvalue weighted by Gasteiger charge is 2.25. The summed E-state index contributed by atoms with van der Waals surface area (Å²) in [6.45, 7) is 11.9. The Kier molecular flexibility index (Phi) is 5.22. The molecule has 1 aromatic carbocycles. The van der Waals surface area contributed by atoms with Crippen molar-refractivity contribution in [1.82, 2.24) is 4.90 Å². The lowest BCUT2D eigenvalue weighted by Crippen LogP contribution is -2.40. The molecule has 1 atom stereocenters. The predicted octanol–water partition coefficient (Wildman–Crippen LogP) is 3.33. The fourth-order valence-corrected chi connectivity index (χ4v) is 2.84. The molecule has 1 saturated heterocycles. The van der Waals surface area contributed by atoms with Gasteiger partial charge >= 0.3 is 0 Å². The van der Waals surface area contributed by atoms with Gasteiger partial charge in [-0.2, -0.15) is 0 Å². The molecule has 2 rings (SSSR count). The molecule has 1 aliphatic rings. The van der Waals surface area contributed by atoms with Crippen LogP contribution in [-0.2, 0) is 0 Å². The van der Waals surface area contributed by atoms with E-state index in [1.165, 1.54) is 25.1 Å². The van der Waals surface area contributed by atoms with Crippen molar-refractivity contribution in [3.8, 4) is 0 Å². The Balaban J connectivity index is 2.04. The lowest BCUT2D eigenvalue weighted by atomic mass is 10.2. The minimum atomic E-state index is 0.637. The van der Waals surface area contributed by atoms with Crippen molar-refractivity contribution in [2.45, 2.75) is 18.9 Å². The summed E-state index contributed by atoms with van der Waals surface area (Å²) in [5, 5.41) is 0. The van der Waals surface area contributed by atoms with Crippen molar-refractivity contribution in [3.05, 3.63) is 55.6 Å². The first-order valence-corrected chi connectivity index (χ1v) is 7.11. The quantitative estimate of drug-likeness (QED) is 0.690. The third kappa shape index (κ3) is 3.71. The minimum absolute atomic E-state index is 0.637. The van der Waals surface area contributed by atoms with Crippen molar-refractivity contribution in [1.29, 1.82) is 0 Å². The largest absolute Gasteiger partial charge is 0.366 e. The van der Waals surface area contributed by atoms with Crippen LogP contribution in [0.5, 0.6) is 0 Å². The van der Waals surface area contributed by atoms with E-state index < -0.39 is 0 Å². The van der Waals surface area contributed by atoms with Gasteiger partial charge in [-0.1, -0.05) is 30.4 Å². The molecular weight excluding hydrogens is 232 g/mol. The molecule has 0 radical (unpaired) electrons. The molecule has 1 aliphatic heterocycles. The zero-order valence-electron chi connectivity index (χ0n) is 11.7. The van der Waals surface area contributed by atoms with E-state index in [-0.39, 0.29) is 0 Å². The lowest BCUT2D eigenvalue weighted by Gasteiger charge is -2.31. The summed E-state index contributed by atoms with van der Waals surface area (Å²) in [4.78, 5) is 4.95. The Bertz CT molecular complexity index is 399. The van der Waals surface area contributed by atoms with Gasteiger partial charge in [0.05, 0.1) is 0 Å². The second-order valence-electron chi connectivity index (χ2n) is 5.11. The van der Waals surface area contributed by atoms with E-state index in [0.29, 0.717) is 6.04 Å². The Labute approximate surface area is 117 Å². The topological polar surface area (TPSA) is 6.48 Å². The summed E-state index contributed by atoms with van der Waals surface area (Å²) in [5.74, 6) is 0. The first-order valence-electron chi connectivity index (χ1n) is 7.11. The predicted molar refractivity (Wildman–Crippen MR) is 83.6 cm³/mol. The standard InChI is InChI=1S/C17H24N2/c1-3-12-18-14-8-11-17(18)15-19(13-4-2)16-9-6-5-7-10-16/h3-7,9-10,17H,1-2,8,11-15H2. The molecule has 2 nitrogen and oxygen atoms in total. The van der Waals surface area contributed by atoms with Crippen LogP contribution in [0.4, 0.5) is 5.69 Å². The molecule has 1 aromatic rings. The zero-order chi connectivity index (χ0) is 13.5. The normalized spacial score (nSPS) is 19.3. The highest BCUT2D eigenvalue weighted by atomic mass is 15.2. The van der Waals surface area contributed by atoms with E-state index in [4.69, 9.17) is 0 Å². The zero-order valence-corrected chi connectivity index (χ0v) is 11.7. The number of hydrogen-bond donors (Lipinski definition) is 0. The van der Waals surface area contributed by atoms with Gasteiger partial charge in [0.2, 0.25) is 0 Å². The van der Waals surface area contributed by atoms with Gasteiger partial charge in [0.1, 0.15) is 0 Å². The maximum atomic E-state index is 3.88. The molecule has 0 spiro atoms. The number of anilines is 1. The Morgan fingerprint density at radius 2 is 2.00 bits per heavy atom. The molecule has 1 heterocycles. The molecule has 0 amide bonds. The monoisotopic (exact) mass is 256 g/mol. The van der Waals surface area contributed by atoms with Gasteiger partial charge in [-0.05, 0) is 31.5 Å². The van der Waals surface area contributed by atoms with Crippen molar-refractivity contribution in [2.24, 2.45) is 0 Å². The maximum Gasteiger partial charge on any atom is 0.0369 e. The van der Waals surface area contributed by atoms with Gasteiger partial charge in [-0.3, -0.25) is 4.90 Å². The summed E-state index contributed by atoms with van der Waals surface area (Å²) in [6, 6.07) is 11.3. The van der Waals surface area contributed by atoms with E-state index in [0.717, 1.165) is 19.6 Å². The van der Waals surface area contributed by atoms with Crippen molar-refractivity contribution in [2.75, 3.05) is 31.1 Å². The second kappa shape index (κ2) is 7.15. The molecule has 0 saturated carbocycles. The van der Waals surface area contributed by atoms with E-state index in [2.05, 4.69) is 53.3 Å². The molecule has 0 aliphatic carbocycles. The molecule has 19 heavy (non-hydrogen) atoms. The summed E-state index contributed by atoms with van der Waals surface area (Å²) in [5.41, 5.74) is 1.29. The Morgan fingerprint density at radius 3 is 2.68 bits per heavy atom. The van der Waals surface area contributed by atoms with Crippen molar-refractivity contribution >= 4 is 5.69 Å². The van der Waals surface area contributed by atoms with Crippen LogP contribution in [0.3, 0.4) is 0 Å². The van der Waals surface area contributed by atoms with Gasteiger partial charge in [0.25, 0.3) is 0 Å². The van der Waals surface area contributed by atoms with Crippen LogP contribution in [-0.4, -0.2) is 37.1 Å². The molecule has 1 fully saturated rings. The Hall–Kier alpha value is -1.54. The maximum absolute atomic E-state index is 3.88. The summed E-state index contributed by atoms with van der Waals surface area (Å²) < 4.78 is 0. The molecule has 0 bridgehead atoms. The average molecular weight is 256 g/mol. The minimum Gasteiger partial charge on any atom is -0.366 e. The van der Waals surface area contributed by atoms with Crippen LogP contribution >= 0.6 is 0 Å². The summed E-state index contributed by atoms with van der Waals surface area (Å²) >= 11 is 0. The van der Waals surface area contributed by atoms with E-state index >= 15 is 0 Å². The smallest absolute Gasteiger partial charge is 0.0369 e. The fourth-order valence-electron chi connectivity index (χ4n) is 2.84. The number of benzene rings is 1. The van der Waals surface area contributed by atoms with Gasteiger partial charge in [0, 0.05) is 31.4 Å². The lowest BCUT2D eigenvalue weighted by molar-refractivity contribution is 0.283. The first kappa shape index (κ1) is 13.9. The SMILES string of the molecule is C=CCN(CC1CCCN1CC=C)c1ccccc1. The molecule has 2 heteroatoms. The van der Waals surface area contributed by atoms with Crippen LogP contribution in [0.2, 0.25) is 0 Å². The van der Waals surface area contributed by atoms with E-state index in [1.807, 2.05) is 12.2 Å². The van der Waals surface area contributed by atoms with Crippen LogP contribution < -0.4 is 4.90 Å². The summed E-state index contributed by atoms with van der Waals surface area (Å²) in [7, 11) is 0. The second-order valence-corrected chi connectivity index (χ2v) is 5.11. The molecular formula is C17H24N2. The van der Waals surface area contributed by atoms with Crippen molar-refractivity contribution in [3.63, 3.8) is 0 Å². The summed E-state index contributed by atoms with van der Waals surface area (Å²) in [6.07, 6.45) is 6.59. The third-order valence-electron chi connectivity index (χ3n) is 3.76. The number of para-hydroxylation sites is 1. The van der Waals surface area contributed by atoms with Gasteiger partial charge in [-0.25, -0.2) is 0 Å². The van der Waals surface area contributed by atoms with Gasteiger partial charge in [-0.15, -0.1) is 13.2 Å². The van der Waals surface area contributed by atoms with Crippen LogP contribution in [0.25, 0.3) is 0 Å². The van der Waals surface area contributed by atoms with Gasteiger partial charge < -0.3 is 4.90 Å². The molecule has 102 valence electrons. The number of nitrogens with zero attached hydrogens (tertiary/aromatic N) is 2. The van der Waals surface area contributed by atoms with E-state index in [1.54, 1.807) is 0 Å².